The number of aliphatic hydroxyl groups is 2. The van der Waals surface area contributed by atoms with Crippen LogP contribution in [0.4, 0.5) is 4.39 Å². The van der Waals surface area contributed by atoms with Crippen LogP contribution in [0.15, 0.2) is 47.6 Å². The van der Waals surface area contributed by atoms with E-state index < -0.39 is 18.4 Å². The molecule has 0 aliphatic heterocycles. The van der Waals surface area contributed by atoms with Crippen LogP contribution in [0.5, 0.6) is 0 Å². The first-order valence-corrected chi connectivity index (χ1v) is 12.3. The summed E-state index contributed by atoms with van der Waals surface area (Å²) in [7, 11) is 0. The summed E-state index contributed by atoms with van der Waals surface area (Å²) in [5.74, 6) is 3.15. The highest BCUT2D eigenvalue weighted by Crippen LogP contribution is 2.59. The molecule has 0 spiro atoms. The van der Waals surface area contributed by atoms with Crippen LogP contribution < -0.4 is 0 Å². The number of aliphatic hydroxyl groups excluding tert-OH is 2. The van der Waals surface area contributed by atoms with Gasteiger partial charge in [-0.1, -0.05) is 71.1 Å². The predicted octanol–water partition coefficient (Wildman–Crippen LogP) is 6.56. The first-order valence-electron chi connectivity index (χ1n) is 12.3. The maximum Gasteiger partial charge on any atom is 0.156 e. The maximum atomic E-state index is 13.9. The van der Waals surface area contributed by atoms with Crippen LogP contribution in [0.1, 0.15) is 73.1 Å². The van der Waals surface area contributed by atoms with Gasteiger partial charge in [-0.25, -0.2) is 4.39 Å². The zero-order valence-electron chi connectivity index (χ0n) is 20.2. The van der Waals surface area contributed by atoms with Crippen molar-refractivity contribution in [1.82, 2.24) is 0 Å². The van der Waals surface area contributed by atoms with Gasteiger partial charge in [0.2, 0.25) is 0 Å². The predicted molar refractivity (Wildman–Crippen MR) is 127 cm³/mol. The molecule has 174 valence electrons. The third-order valence-corrected chi connectivity index (χ3v) is 8.81. The van der Waals surface area contributed by atoms with E-state index in [0.717, 1.165) is 12.0 Å². The van der Waals surface area contributed by atoms with E-state index in [4.69, 9.17) is 0 Å². The van der Waals surface area contributed by atoms with Gasteiger partial charge in [0, 0.05) is 6.42 Å². The lowest BCUT2D eigenvalue weighted by Gasteiger charge is -2.44. The molecule has 0 bridgehead atoms. The number of hydrogen-bond acceptors (Lipinski definition) is 2. The minimum Gasteiger partial charge on any atom is -0.390 e. The number of fused-ring (bicyclic) bond motifs is 1. The highest BCUT2D eigenvalue weighted by atomic mass is 19.1. The third-order valence-electron chi connectivity index (χ3n) is 8.81. The van der Waals surface area contributed by atoms with Crippen molar-refractivity contribution in [1.29, 1.82) is 0 Å². The second-order valence-corrected chi connectivity index (χ2v) is 11.1. The van der Waals surface area contributed by atoms with Crippen LogP contribution in [0.2, 0.25) is 0 Å². The molecule has 0 saturated heterocycles. The van der Waals surface area contributed by atoms with Gasteiger partial charge in [0.25, 0.3) is 0 Å². The first kappa shape index (κ1) is 24.5. The van der Waals surface area contributed by atoms with Gasteiger partial charge in [-0.05, 0) is 78.3 Å². The molecule has 0 aromatic rings. The summed E-state index contributed by atoms with van der Waals surface area (Å²) in [6.45, 7) is 15.6. The van der Waals surface area contributed by atoms with E-state index in [-0.39, 0.29) is 6.42 Å². The molecule has 2 N–H and O–H groups in total. The molecular formula is C28H43FO2. The topological polar surface area (TPSA) is 40.5 Å². The molecular weight excluding hydrogens is 387 g/mol. The van der Waals surface area contributed by atoms with Crippen LogP contribution in [0.25, 0.3) is 0 Å². The summed E-state index contributed by atoms with van der Waals surface area (Å²) in [5, 5.41) is 20.0. The summed E-state index contributed by atoms with van der Waals surface area (Å²) >= 11 is 0. The van der Waals surface area contributed by atoms with Gasteiger partial charge in [0.1, 0.15) is 6.10 Å². The zero-order valence-corrected chi connectivity index (χ0v) is 20.2. The molecule has 0 heterocycles. The maximum absolute atomic E-state index is 13.9. The Labute approximate surface area is 189 Å². The highest BCUT2D eigenvalue weighted by Gasteiger charge is 2.50. The summed E-state index contributed by atoms with van der Waals surface area (Å²) < 4.78 is 13.9. The van der Waals surface area contributed by atoms with Gasteiger partial charge in [0.05, 0.1) is 6.10 Å². The summed E-state index contributed by atoms with van der Waals surface area (Å²) in [4.78, 5) is 0. The minimum atomic E-state index is -1.64. The molecule has 0 radical (unpaired) electrons. The Bertz CT molecular complexity index is 748. The van der Waals surface area contributed by atoms with Crippen molar-refractivity contribution in [3.05, 3.63) is 47.6 Å². The minimum absolute atomic E-state index is 0.223. The molecule has 3 heteroatoms. The largest absolute Gasteiger partial charge is 0.390 e. The van der Waals surface area contributed by atoms with Gasteiger partial charge in [0.15, 0.2) is 6.17 Å². The molecule has 8 atom stereocenters. The fourth-order valence-corrected chi connectivity index (χ4v) is 6.29. The van der Waals surface area contributed by atoms with E-state index in [1.165, 1.54) is 31.3 Å². The molecule has 3 aliphatic carbocycles. The van der Waals surface area contributed by atoms with Gasteiger partial charge in [-0.3, -0.25) is 0 Å². The lowest BCUT2D eigenvalue weighted by atomic mass is 9.61. The average molecular weight is 431 g/mol. The van der Waals surface area contributed by atoms with Crippen LogP contribution in [0.3, 0.4) is 0 Å². The Balaban J connectivity index is 1.77. The number of hydrogen-bond donors (Lipinski definition) is 2. The van der Waals surface area contributed by atoms with Crippen molar-refractivity contribution in [3.8, 4) is 0 Å². The lowest BCUT2D eigenvalue weighted by molar-refractivity contribution is -0.00417. The van der Waals surface area contributed by atoms with Gasteiger partial charge in [-0.2, -0.15) is 0 Å². The van der Waals surface area contributed by atoms with E-state index in [9.17, 15) is 14.6 Å². The smallest absolute Gasteiger partial charge is 0.156 e. The Hall–Kier alpha value is -1.19. The zero-order chi connectivity index (χ0) is 22.9. The molecule has 3 rings (SSSR count). The van der Waals surface area contributed by atoms with Crippen molar-refractivity contribution in [3.63, 3.8) is 0 Å². The SMILES string of the molecule is C=C1C(=CC=C2CCC[C@@]3(C)C2CC[C@@H]3[C@H](C)/C=C/[C@H](C)C(C)C)C[C@@H](O)[C@@H](F)[C@@H]1O. The van der Waals surface area contributed by atoms with Gasteiger partial charge in [-0.15, -0.1) is 0 Å². The average Bonchev–Trinajstić information content (AvgIpc) is 3.09. The Morgan fingerprint density at radius 1 is 1.10 bits per heavy atom. The second-order valence-electron chi connectivity index (χ2n) is 11.1. The quantitative estimate of drug-likeness (QED) is 0.485. The molecule has 0 aromatic carbocycles. The van der Waals surface area contributed by atoms with Gasteiger partial charge < -0.3 is 10.2 Å². The summed E-state index contributed by atoms with van der Waals surface area (Å²) in [5.41, 5.74) is 2.99. The van der Waals surface area contributed by atoms with Crippen molar-refractivity contribution < 1.29 is 14.6 Å². The molecule has 1 unspecified atom stereocenters. The van der Waals surface area contributed by atoms with Crippen LogP contribution in [-0.2, 0) is 0 Å². The monoisotopic (exact) mass is 430 g/mol. The van der Waals surface area contributed by atoms with Crippen molar-refractivity contribution >= 4 is 0 Å². The lowest BCUT2D eigenvalue weighted by Crippen LogP contribution is -2.40. The summed E-state index contributed by atoms with van der Waals surface area (Å²) in [6.07, 6.45) is 11.3. The normalized spacial score (nSPS) is 41.3. The Morgan fingerprint density at radius 2 is 1.81 bits per heavy atom. The van der Waals surface area contributed by atoms with Crippen molar-refractivity contribution in [2.45, 2.75) is 91.5 Å². The van der Waals surface area contributed by atoms with Crippen molar-refractivity contribution in [2.24, 2.45) is 35.0 Å². The van der Waals surface area contributed by atoms with E-state index >= 15 is 0 Å². The number of alkyl halides is 1. The van der Waals surface area contributed by atoms with Gasteiger partial charge >= 0.3 is 0 Å². The molecule has 31 heavy (non-hydrogen) atoms. The molecule has 3 aliphatic rings. The Morgan fingerprint density at radius 3 is 2.48 bits per heavy atom. The molecule has 3 fully saturated rings. The Kier molecular flexibility index (Phi) is 7.69. The van der Waals surface area contributed by atoms with E-state index in [2.05, 4.69) is 59.4 Å². The molecule has 0 aromatic heterocycles. The second kappa shape index (κ2) is 9.75. The standard InChI is InChI=1S/C28H43FO2/c1-17(2)18(3)9-10-19(4)23-13-14-24-21(8-7-15-28(23,24)6)11-12-22-16-25(30)26(29)27(31)20(22)5/h9-12,17-19,23-27,30-31H,5,7-8,13-16H2,1-4,6H3/b10-9+,21-11?,22-12?/t18-,19+,23+,24?,25+,26+,27+,28+/m0/s1. The first-order chi connectivity index (χ1) is 14.6. The fourth-order valence-electron chi connectivity index (χ4n) is 6.29. The fraction of sp³-hybridized carbons (Fsp3) is 0.714. The van der Waals surface area contributed by atoms with Crippen LogP contribution >= 0.6 is 0 Å². The van der Waals surface area contributed by atoms with Crippen LogP contribution in [-0.4, -0.2) is 28.6 Å². The number of allylic oxidation sites excluding steroid dienone is 5. The summed E-state index contributed by atoms with van der Waals surface area (Å²) in [6, 6.07) is 0. The number of rotatable bonds is 5. The molecule has 3 saturated carbocycles. The van der Waals surface area contributed by atoms with E-state index in [1.54, 1.807) is 0 Å². The number of halogens is 1. The highest BCUT2D eigenvalue weighted by molar-refractivity contribution is 5.40. The van der Waals surface area contributed by atoms with E-state index in [0.29, 0.717) is 40.6 Å². The third kappa shape index (κ3) is 4.93. The molecule has 0 amide bonds. The molecule has 2 nitrogen and oxygen atoms in total. The van der Waals surface area contributed by atoms with E-state index in [1.807, 2.05) is 6.08 Å². The van der Waals surface area contributed by atoms with Crippen molar-refractivity contribution in [2.75, 3.05) is 0 Å². The van der Waals surface area contributed by atoms with Crippen LogP contribution in [0, 0.1) is 35.0 Å².